The molecular formula is C13H11BrO6. The number of carbonyl (C=O) groups excluding carboxylic acids is 3. The summed E-state index contributed by atoms with van der Waals surface area (Å²) in [6, 6.07) is 4.60. The third-order valence-electron chi connectivity index (χ3n) is 2.16. The van der Waals surface area contributed by atoms with Crippen molar-refractivity contribution in [2.24, 2.45) is 0 Å². The van der Waals surface area contributed by atoms with E-state index in [-0.39, 0.29) is 17.1 Å². The van der Waals surface area contributed by atoms with Gasteiger partial charge in [-0.1, -0.05) is 15.9 Å². The number of ether oxygens (including phenoxy) is 3. The number of halogens is 1. The fourth-order valence-corrected chi connectivity index (χ4v) is 1.60. The molecule has 1 aromatic rings. The van der Waals surface area contributed by atoms with Crippen molar-refractivity contribution in [3.05, 3.63) is 40.1 Å². The van der Waals surface area contributed by atoms with Crippen molar-refractivity contribution in [3.8, 4) is 5.75 Å². The topological polar surface area (TPSA) is 78.9 Å². The summed E-state index contributed by atoms with van der Waals surface area (Å²) in [5.41, 5.74) is 0.207. The second-order valence-electron chi connectivity index (χ2n) is 3.43. The summed E-state index contributed by atoms with van der Waals surface area (Å²) in [4.78, 5) is 33.6. The molecule has 0 aliphatic rings. The monoisotopic (exact) mass is 342 g/mol. The van der Waals surface area contributed by atoms with E-state index in [1.807, 2.05) is 0 Å². The predicted molar refractivity (Wildman–Crippen MR) is 72.3 cm³/mol. The molecule has 0 spiro atoms. The molecule has 0 saturated heterocycles. The van der Waals surface area contributed by atoms with Crippen molar-refractivity contribution >= 4 is 34.2 Å². The number of aldehydes is 1. The van der Waals surface area contributed by atoms with E-state index < -0.39 is 11.9 Å². The molecule has 0 aliphatic carbocycles. The molecule has 1 aromatic carbocycles. The molecule has 20 heavy (non-hydrogen) atoms. The van der Waals surface area contributed by atoms with Gasteiger partial charge in [-0.3, -0.25) is 4.79 Å². The lowest BCUT2D eigenvalue weighted by Crippen LogP contribution is -2.14. The molecule has 0 radical (unpaired) electrons. The van der Waals surface area contributed by atoms with Gasteiger partial charge in [0.25, 0.3) is 0 Å². The van der Waals surface area contributed by atoms with Crippen LogP contribution in [0, 0.1) is 0 Å². The molecule has 0 saturated carbocycles. The van der Waals surface area contributed by atoms with Crippen LogP contribution in [-0.2, 0) is 19.1 Å². The van der Waals surface area contributed by atoms with E-state index in [4.69, 9.17) is 4.74 Å². The Balaban J connectivity index is 3.13. The summed E-state index contributed by atoms with van der Waals surface area (Å²) in [5, 5.41) is 0. The maximum absolute atomic E-state index is 11.5. The standard InChI is InChI=1S/C13H11BrO6/c1-18-12(16)6-11(13(17)19-2)20-10-4-3-9(14)5-8(10)7-15/h3-7H,1-2H3/b11-6-. The molecule has 0 heterocycles. The summed E-state index contributed by atoms with van der Waals surface area (Å²) >= 11 is 3.20. The first kappa shape index (κ1) is 15.9. The minimum atomic E-state index is -0.866. The molecule has 0 unspecified atom stereocenters. The van der Waals surface area contributed by atoms with Gasteiger partial charge in [-0.15, -0.1) is 0 Å². The van der Waals surface area contributed by atoms with Gasteiger partial charge in [-0.25, -0.2) is 9.59 Å². The van der Waals surface area contributed by atoms with Crippen molar-refractivity contribution in [1.82, 2.24) is 0 Å². The predicted octanol–water partition coefficient (Wildman–Crippen LogP) is 1.87. The molecule has 106 valence electrons. The number of esters is 2. The Labute approximate surface area is 123 Å². The number of benzene rings is 1. The molecule has 0 fully saturated rings. The Hall–Kier alpha value is -2.15. The molecule has 6 nitrogen and oxygen atoms in total. The van der Waals surface area contributed by atoms with E-state index in [9.17, 15) is 14.4 Å². The van der Waals surface area contributed by atoms with Crippen LogP contribution in [0.5, 0.6) is 5.75 Å². The van der Waals surface area contributed by atoms with Crippen molar-refractivity contribution in [3.63, 3.8) is 0 Å². The zero-order chi connectivity index (χ0) is 15.1. The lowest BCUT2D eigenvalue weighted by atomic mass is 10.2. The van der Waals surface area contributed by atoms with Crippen LogP contribution in [-0.4, -0.2) is 32.4 Å². The highest BCUT2D eigenvalue weighted by atomic mass is 79.9. The Morgan fingerprint density at radius 2 is 1.90 bits per heavy atom. The van der Waals surface area contributed by atoms with Crippen molar-refractivity contribution < 1.29 is 28.6 Å². The Morgan fingerprint density at radius 3 is 2.45 bits per heavy atom. The Morgan fingerprint density at radius 1 is 1.20 bits per heavy atom. The van der Waals surface area contributed by atoms with Crippen LogP contribution in [0.1, 0.15) is 10.4 Å². The third-order valence-corrected chi connectivity index (χ3v) is 2.65. The van der Waals surface area contributed by atoms with Crippen LogP contribution in [0.15, 0.2) is 34.5 Å². The maximum Gasteiger partial charge on any atom is 0.374 e. The number of hydrogen-bond donors (Lipinski definition) is 0. The summed E-state index contributed by atoms with van der Waals surface area (Å²) in [7, 11) is 2.29. The SMILES string of the molecule is COC(=O)/C=C(\Oc1ccc(Br)cc1C=O)C(=O)OC. The summed E-state index contributed by atoms with van der Waals surface area (Å²) in [6.07, 6.45) is 1.40. The first-order valence-corrected chi connectivity index (χ1v) is 6.11. The average Bonchev–Trinajstić information content (AvgIpc) is 2.46. The average molecular weight is 343 g/mol. The highest BCUT2D eigenvalue weighted by molar-refractivity contribution is 9.10. The fraction of sp³-hybridized carbons (Fsp3) is 0.154. The zero-order valence-corrected chi connectivity index (χ0v) is 12.3. The van der Waals surface area contributed by atoms with Crippen LogP contribution in [0.25, 0.3) is 0 Å². The van der Waals surface area contributed by atoms with Crippen LogP contribution >= 0.6 is 15.9 Å². The van der Waals surface area contributed by atoms with Crippen molar-refractivity contribution in [1.29, 1.82) is 0 Å². The van der Waals surface area contributed by atoms with E-state index in [0.29, 0.717) is 10.8 Å². The molecule has 0 N–H and O–H groups in total. The first-order valence-electron chi connectivity index (χ1n) is 5.32. The molecule has 0 bridgehead atoms. The summed E-state index contributed by atoms with van der Waals surface area (Å²) in [5.74, 6) is -1.92. The van der Waals surface area contributed by atoms with Gasteiger partial charge in [0.05, 0.1) is 25.9 Å². The number of carbonyl (C=O) groups is 3. The van der Waals surface area contributed by atoms with E-state index in [2.05, 4.69) is 25.4 Å². The molecule has 0 aliphatic heterocycles. The number of hydrogen-bond acceptors (Lipinski definition) is 6. The van der Waals surface area contributed by atoms with E-state index >= 15 is 0 Å². The van der Waals surface area contributed by atoms with Gasteiger partial charge < -0.3 is 14.2 Å². The second kappa shape index (κ2) is 7.44. The smallest absolute Gasteiger partial charge is 0.374 e. The lowest BCUT2D eigenvalue weighted by Gasteiger charge is -2.10. The lowest BCUT2D eigenvalue weighted by molar-refractivity contribution is -0.140. The highest BCUT2D eigenvalue weighted by Gasteiger charge is 2.17. The molecule has 7 heteroatoms. The van der Waals surface area contributed by atoms with Gasteiger partial charge in [-0.05, 0) is 18.2 Å². The van der Waals surface area contributed by atoms with E-state index in [1.165, 1.54) is 12.1 Å². The molecule has 0 amide bonds. The number of rotatable bonds is 5. The molecule has 0 atom stereocenters. The summed E-state index contributed by atoms with van der Waals surface area (Å²) < 4.78 is 14.8. The van der Waals surface area contributed by atoms with Gasteiger partial charge in [0.15, 0.2) is 6.29 Å². The normalized spacial score (nSPS) is 10.7. The Kier molecular flexibility index (Phi) is 5.92. The third kappa shape index (κ3) is 4.20. The zero-order valence-electron chi connectivity index (χ0n) is 10.7. The van der Waals surface area contributed by atoms with Crippen LogP contribution < -0.4 is 4.74 Å². The number of methoxy groups -OCH3 is 2. The van der Waals surface area contributed by atoms with E-state index in [1.54, 1.807) is 6.07 Å². The second-order valence-corrected chi connectivity index (χ2v) is 4.34. The van der Waals surface area contributed by atoms with Gasteiger partial charge in [0, 0.05) is 4.47 Å². The largest absolute Gasteiger partial charge is 0.466 e. The van der Waals surface area contributed by atoms with Crippen LogP contribution in [0.4, 0.5) is 0 Å². The minimum Gasteiger partial charge on any atom is -0.466 e. The van der Waals surface area contributed by atoms with Gasteiger partial charge in [0.1, 0.15) is 5.75 Å². The highest BCUT2D eigenvalue weighted by Crippen LogP contribution is 2.23. The van der Waals surface area contributed by atoms with Gasteiger partial charge in [-0.2, -0.15) is 0 Å². The first-order chi connectivity index (χ1) is 9.51. The summed E-state index contributed by atoms with van der Waals surface area (Å²) in [6.45, 7) is 0. The fourth-order valence-electron chi connectivity index (χ4n) is 1.22. The van der Waals surface area contributed by atoms with Gasteiger partial charge in [0.2, 0.25) is 5.76 Å². The van der Waals surface area contributed by atoms with Crippen molar-refractivity contribution in [2.75, 3.05) is 14.2 Å². The molecule has 1 rings (SSSR count). The minimum absolute atomic E-state index is 0.115. The van der Waals surface area contributed by atoms with Crippen LogP contribution in [0.3, 0.4) is 0 Å². The molecule has 0 aromatic heterocycles. The van der Waals surface area contributed by atoms with Crippen molar-refractivity contribution in [2.45, 2.75) is 0 Å². The van der Waals surface area contributed by atoms with Gasteiger partial charge >= 0.3 is 11.9 Å². The van der Waals surface area contributed by atoms with Crippen LogP contribution in [0.2, 0.25) is 0 Å². The quantitative estimate of drug-likeness (QED) is 0.352. The van der Waals surface area contributed by atoms with E-state index in [0.717, 1.165) is 20.3 Å². The maximum atomic E-state index is 11.5. The Bertz CT molecular complexity index is 564. The molecular weight excluding hydrogens is 332 g/mol.